The summed E-state index contributed by atoms with van der Waals surface area (Å²) in [5.41, 5.74) is 0. The second-order valence-corrected chi connectivity index (χ2v) is 6.52. The molecule has 21 heavy (non-hydrogen) atoms. The van der Waals surface area contributed by atoms with Crippen molar-refractivity contribution in [2.24, 2.45) is 0 Å². The highest BCUT2D eigenvalue weighted by Crippen LogP contribution is 2.22. The first-order valence-corrected chi connectivity index (χ1v) is 9.53. The van der Waals surface area contributed by atoms with Crippen LogP contribution in [0.2, 0.25) is 0 Å². The molecule has 0 radical (unpaired) electrons. The molecule has 0 saturated carbocycles. The molecule has 0 bridgehead atoms. The van der Waals surface area contributed by atoms with Crippen molar-refractivity contribution in [1.82, 2.24) is 9.80 Å². The highest BCUT2D eigenvalue weighted by molar-refractivity contribution is 4.96. The fourth-order valence-electron chi connectivity index (χ4n) is 3.13. The van der Waals surface area contributed by atoms with E-state index < -0.39 is 0 Å². The Hall–Kier alpha value is -0.660. The van der Waals surface area contributed by atoms with Crippen molar-refractivity contribution in [2.45, 2.75) is 97.6 Å². The van der Waals surface area contributed by atoms with Crippen molar-refractivity contribution in [2.75, 3.05) is 13.1 Å². The van der Waals surface area contributed by atoms with Gasteiger partial charge in [-0.05, 0) is 25.7 Å². The van der Waals surface area contributed by atoms with Gasteiger partial charge in [0.1, 0.15) is 6.17 Å². The van der Waals surface area contributed by atoms with Crippen molar-refractivity contribution in [3.05, 3.63) is 12.4 Å². The Labute approximate surface area is 133 Å². The van der Waals surface area contributed by atoms with Gasteiger partial charge in [0.2, 0.25) is 0 Å². The molecule has 1 rings (SSSR count). The molecule has 1 aliphatic heterocycles. The molecule has 0 amide bonds. The summed E-state index contributed by atoms with van der Waals surface area (Å²) in [6.07, 6.45) is 20.3. The Morgan fingerprint density at radius 2 is 1.10 bits per heavy atom. The standard InChI is InChI=1S/C19H38N2/c1-4-7-10-11-12-13-14-19-20(15-8-5-2)17-18-21(19)16-9-6-3/h17-19H,4-16H2,1-3H3. The molecule has 0 aromatic carbocycles. The molecule has 1 heterocycles. The van der Waals surface area contributed by atoms with Crippen LogP contribution in [0.3, 0.4) is 0 Å². The molecule has 0 aliphatic carbocycles. The van der Waals surface area contributed by atoms with Crippen LogP contribution in [-0.4, -0.2) is 29.1 Å². The average Bonchev–Trinajstić information content (AvgIpc) is 2.88. The average molecular weight is 295 g/mol. The van der Waals surface area contributed by atoms with Crippen LogP contribution >= 0.6 is 0 Å². The largest absolute Gasteiger partial charge is 0.356 e. The Balaban J connectivity index is 2.31. The maximum atomic E-state index is 2.59. The SMILES string of the molecule is CCCCCCCCC1N(CCCC)C=CN1CCCC. The van der Waals surface area contributed by atoms with Crippen molar-refractivity contribution in [3.8, 4) is 0 Å². The fraction of sp³-hybridized carbons (Fsp3) is 0.895. The first-order valence-electron chi connectivity index (χ1n) is 9.53. The van der Waals surface area contributed by atoms with E-state index >= 15 is 0 Å². The van der Waals surface area contributed by atoms with E-state index in [-0.39, 0.29) is 0 Å². The van der Waals surface area contributed by atoms with Crippen molar-refractivity contribution in [1.29, 1.82) is 0 Å². The minimum absolute atomic E-state index is 0.647. The summed E-state index contributed by atoms with van der Waals surface area (Å²) in [4.78, 5) is 5.18. The minimum atomic E-state index is 0.647. The molecule has 0 unspecified atom stereocenters. The van der Waals surface area contributed by atoms with E-state index in [4.69, 9.17) is 0 Å². The smallest absolute Gasteiger partial charge is 0.101 e. The summed E-state index contributed by atoms with van der Waals surface area (Å²) >= 11 is 0. The van der Waals surface area contributed by atoms with Gasteiger partial charge < -0.3 is 9.80 Å². The number of unbranched alkanes of at least 4 members (excludes halogenated alkanes) is 7. The summed E-state index contributed by atoms with van der Waals surface area (Å²) in [6, 6.07) is 0. The zero-order valence-electron chi connectivity index (χ0n) is 14.8. The minimum Gasteiger partial charge on any atom is -0.356 e. The Morgan fingerprint density at radius 3 is 1.62 bits per heavy atom. The number of nitrogens with zero attached hydrogens (tertiary/aromatic N) is 2. The van der Waals surface area contributed by atoms with E-state index in [2.05, 4.69) is 43.0 Å². The molecule has 1 aliphatic rings. The van der Waals surface area contributed by atoms with Gasteiger partial charge in [0.05, 0.1) is 0 Å². The molecule has 0 atom stereocenters. The molecular weight excluding hydrogens is 256 g/mol. The maximum Gasteiger partial charge on any atom is 0.101 e. The van der Waals surface area contributed by atoms with Gasteiger partial charge in [-0.25, -0.2) is 0 Å². The molecule has 0 fully saturated rings. The third-order valence-corrected chi connectivity index (χ3v) is 4.57. The Morgan fingerprint density at radius 1 is 0.619 bits per heavy atom. The topological polar surface area (TPSA) is 6.48 Å². The van der Waals surface area contributed by atoms with Crippen LogP contribution in [0.5, 0.6) is 0 Å². The van der Waals surface area contributed by atoms with E-state index in [0.29, 0.717) is 6.17 Å². The summed E-state index contributed by atoms with van der Waals surface area (Å²) in [6.45, 7) is 9.34. The Bertz CT molecular complexity index is 244. The lowest BCUT2D eigenvalue weighted by molar-refractivity contribution is 0.136. The third kappa shape index (κ3) is 7.24. The first-order chi connectivity index (χ1) is 10.3. The summed E-state index contributed by atoms with van der Waals surface area (Å²) in [7, 11) is 0. The molecular formula is C19H38N2. The summed E-state index contributed by atoms with van der Waals surface area (Å²) in [5, 5.41) is 0. The second kappa shape index (κ2) is 11.9. The second-order valence-electron chi connectivity index (χ2n) is 6.52. The lowest BCUT2D eigenvalue weighted by atomic mass is 10.1. The van der Waals surface area contributed by atoms with E-state index in [1.54, 1.807) is 0 Å². The van der Waals surface area contributed by atoms with Crippen LogP contribution in [0, 0.1) is 0 Å². The van der Waals surface area contributed by atoms with E-state index in [9.17, 15) is 0 Å². The molecule has 0 aromatic heterocycles. The van der Waals surface area contributed by atoms with Gasteiger partial charge in [-0.3, -0.25) is 0 Å². The predicted octanol–water partition coefficient (Wildman–Crippen LogP) is 5.75. The molecule has 0 N–H and O–H groups in total. The first kappa shape index (κ1) is 18.4. The van der Waals surface area contributed by atoms with E-state index in [1.165, 1.54) is 83.7 Å². The van der Waals surface area contributed by atoms with Gasteiger partial charge in [-0.2, -0.15) is 0 Å². The van der Waals surface area contributed by atoms with Crippen molar-refractivity contribution >= 4 is 0 Å². The van der Waals surface area contributed by atoms with Crippen LogP contribution in [0.25, 0.3) is 0 Å². The van der Waals surface area contributed by atoms with E-state index in [1.807, 2.05) is 0 Å². The zero-order chi connectivity index (χ0) is 15.3. The highest BCUT2D eigenvalue weighted by atomic mass is 15.4. The molecule has 0 saturated heterocycles. The van der Waals surface area contributed by atoms with Gasteiger partial charge in [-0.1, -0.05) is 65.7 Å². The van der Waals surface area contributed by atoms with Gasteiger partial charge in [0, 0.05) is 25.5 Å². The summed E-state index contributed by atoms with van der Waals surface area (Å²) in [5.74, 6) is 0. The molecule has 2 nitrogen and oxygen atoms in total. The van der Waals surface area contributed by atoms with Crippen LogP contribution in [0.15, 0.2) is 12.4 Å². The van der Waals surface area contributed by atoms with Crippen molar-refractivity contribution in [3.63, 3.8) is 0 Å². The number of hydrogen-bond acceptors (Lipinski definition) is 2. The quantitative estimate of drug-likeness (QED) is 0.399. The third-order valence-electron chi connectivity index (χ3n) is 4.57. The number of rotatable bonds is 13. The zero-order valence-corrected chi connectivity index (χ0v) is 14.8. The van der Waals surface area contributed by atoms with Gasteiger partial charge in [-0.15, -0.1) is 0 Å². The van der Waals surface area contributed by atoms with Gasteiger partial charge >= 0.3 is 0 Å². The molecule has 124 valence electrons. The molecule has 0 aromatic rings. The normalized spacial score (nSPS) is 15.4. The highest BCUT2D eigenvalue weighted by Gasteiger charge is 2.24. The monoisotopic (exact) mass is 294 g/mol. The van der Waals surface area contributed by atoms with Crippen LogP contribution in [-0.2, 0) is 0 Å². The predicted molar refractivity (Wildman–Crippen MR) is 94.1 cm³/mol. The lowest BCUT2D eigenvalue weighted by Gasteiger charge is -2.33. The summed E-state index contributed by atoms with van der Waals surface area (Å²) < 4.78 is 0. The van der Waals surface area contributed by atoms with Crippen LogP contribution in [0.4, 0.5) is 0 Å². The van der Waals surface area contributed by atoms with E-state index in [0.717, 1.165) is 0 Å². The van der Waals surface area contributed by atoms with Gasteiger partial charge in [0.25, 0.3) is 0 Å². The van der Waals surface area contributed by atoms with Gasteiger partial charge in [0.15, 0.2) is 0 Å². The molecule has 2 heteroatoms. The Kier molecular flexibility index (Phi) is 10.5. The number of hydrogen-bond donors (Lipinski definition) is 0. The van der Waals surface area contributed by atoms with Crippen LogP contribution in [0.1, 0.15) is 91.4 Å². The van der Waals surface area contributed by atoms with Crippen LogP contribution < -0.4 is 0 Å². The van der Waals surface area contributed by atoms with Crippen molar-refractivity contribution < 1.29 is 0 Å². The fourth-order valence-corrected chi connectivity index (χ4v) is 3.13. The maximum absolute atomic E-state index is 2.59. The molecule has 0 spiro atoms. The lowest BCUT2D eigenvalue weighted by Crippen LogP contribution is -2.39.